The molecule has 0 aliphatic heterocycles. The van der Waals surface area contributed by atoms with Crippen molar-refractivity contribution in [3.8, 4) is 5.75 Å². The Kier molecular flexibility index (Phi) is 6.26. The Morgan fingerprint density at radius 3 is 2.76 bits per heavy atom. The first kappa shape index (κ1) is 19.5. The van der Waals surface area contributed by atoms with Gasteiger partial charge in [-0.3, -0.25) is 4.79 Å². The number of aryl methyl sites for hydroxylation is 1. The molecule has 1 aliphatic rings. The molecule has 1 unspecified atom stereocenters. The fourth-order valence-corrected chi connectivity index (χ4v) is 3.76. The van der Waals surface area contributed by atoms with Crippen LogP contribution in [0.25, 0.3) is 0 Å². The molecular weight excluding hydrogens is 312 g/mol. The normalized spacial score (nSPS) is 21.4. The number of carbonyl (C=O) groups excluding carboxylic acids is 1. The summed E-state index contributed by atoms with van der Waals surface area (Å²) in [6.45, 7) is 13.0. The molecule has 1 amide bonds. The van der Waals surface area contributed by atoms with Crippen molar-refractivity contribution in [2.45, 2.75) is 66.7 Å². The number of nitrogens with one attached hydrogen (secondary N) is 1. The van der Waals surface area contributed by atoms with E-state index in [9.17, 15) is 4.79 Å². The van der Waals surface area contributed by atoms with Crippen molar-refractivity contribution in [1.29, 1.82) is 0 Å². The SMILES string of the molecule is Cc1ccc(C(C)C)c(OCC(=O)NN=C2CC(C)CC(C)(C)C2)c1. The first-order chi connectivity index (χ1) is 11.7. The maximum Gasteiger partial charge on any atom is 0.277 e. The van der Waals surface area contributed by atoms with Crippen LogP contribution >= 0.6 is 0 Å². The van der Waals surface area contributed by atoms with Crippen LogP contribution < -0.4 is 10.2 Å². The average molecular weight is 344 g/mol. The summed E-state index contributed by atoms with van der Waals surface area (Å²) in [7, 11) is 0. The van der Waals surface area contributed by atoms with Crippen LogP contribution in [0.3, 0.4) is 0 Å². The summed E-state index contributed by atoms with van der Waals surface area (Å²) in [5, 5.41) is 4.35. The van der Waals surface area contributed by atoms with Crippen molar-refractivity contribution >= 4 is 11.6 Å². The van der Waals surface area contributed by atoms with Crippen LogP contribution in [0, 0.1) is 18.3 Å². The first-order valence-corrected chi connectivity index (χ1v) is 9.24. The fraction of sp³-hybridized carbons (Fsp3) is 0.619. The molecule has 2 rings (SSSR count). The Morgan fingerprint density at radius 1 is 1.40 bits per heavy atom. The number of amides is 1. The number of rotatable bonds is 5. The molecule has 0 heterocycles. The summed E-state index contributed by atoms with van der Waals surface area (Å²) in [6, 6.07) is 6.12. The van der Waals surface area contributed by atoms with E-state index in [0.29, 0.717) is 11.8 Å². The largest absolute Gasteiger partial charge is 0.483 e. The van der Waals surface area contributed by atoms with Gasteiger partial charge in [-0.2, -0.15) is 5.10 Å². The zero-order chi connectivity index (χ0) is 18.6. The lowest BCUT2D eigenvalue weighted by Crippen LogP contribution is -2.31. The second-order valence-corrected chi connectivity index (χ2v) is 8.55. The Hall–Kier alpha value is -1.84. The third-order valence-corrected chi connectivity index (χ3v) is 4.66. The topological polar surface area (TPSA) is 50.7 Å². The molecule has 1 fully saturated rings. The minimum Gasteiger partial charge on any atom is -0.483 e. The third-order valence-electron chi connectivity index (χ3n) is 4.66. The first-order valence-electron chi connectivity index (χ1n) is 9.24. The van der Waals surface area contributed by atoms with Gasteiger partial charge in [0.25, 0.3) is 5.91 Å². The molecule has 0 radical (unpaired) electrons. The van der Waals surface area contributed by atoms with Crippen LogP contribution in [0.2, 0.25) is 0 Å². The Bertz CT molecular complexity index is 647. The van der Waals surface area contributed by atoms with E-state index in [1.807, 2.05) is 13.0 Å². The van der Waals surface area contributed by atoms with Gasteiger partial charge in [-0.25, -0.2) is 5.43 Å². The van der Waals surface area contributed by atoms with Crippen LogP contribution in [-0.4, -0.2) is 18.2 Å². The van der Waals surface area contributed by atoms with E-state index < -0.39 is 0 Å². The molecule has 4 nitrogen and oxygen atoms in total. The van der Waals surface area contributed by atoms with Crippen LogP contribution in [0.1, 0.15) is 70.9 Å². The number of hydrogen-bond acceptors (Lipinski definition) is 3. The maximum atomic E-state index is 12.1. The van der Waals surface area contributed by atoms with E-state index in [2.05, 4.69) is 57.3 Å². The summed E-state index contributed by atoms with van der Waals surface area (Å²) < 4.78 is 5.76. The molecule has 1 aromatic carbocycles. The highest BCUT2D eigenvalue weighted by Crippen LogP contribution is 2.36. The predicted molar refractivity (Wildman–Crippen MR) is 103 cm³/mol. The molecular formula is C21H32N2O2. The van der Waals surface area contributed by atoms with Crippen LogP contribution in [-0.2, 0) is 4.79 Å². The molecule has 1 atom stereocenters. The lowest BCUT2D eigenvalue weighted by atomic mass is 9.72. The van der Waals surface area contributed by atoms with Crippen molar-refractivity contribution in [1.82, 2.24) is 5.43 Å². The zero-order valence-electron chi connectivity index (χ0n) is 16.5. The number of hydrogen-bond donors (Lipinski definition) is 1. The van der Waals surface area contributed by atoms with E-state index in [0.717, 1.165) is 35.4 Å². The maximum absolute atomic E-state index is 12.1. The Balaban J connectivity index is 1.93. The smallest absolute Gasteiger partial charge is 0.277 e. The third kappa shape index (κ3) is 5.87. The molecule has 1 N–H and O–H groups in total. The average Bonchev–Trinajstić information content (AvgIpc) is 2.48. The van der Waals surface area contributed by atoms with Gasteiger partial charge in [0.1, 0.15) is 5.75 Å². The summed E-state index contributed by atoms with van der Waals surface area (Å²) in [5.41, 5.74) is 6.24. The van der Waals surface area contributed by atoms with Gasteiger partial charge in [0, 0.05) is 5.71 Å². The molecule has 0 aromatic heterocycles. The van der Waals surface area contributed by atoms with E-state index in [4.69, 9.17) is 4.74 Å². The highest BCUT2D eigenvalue weighted by atomic mass is 16.5. The molecule has 0 spiro atoms. The fourth-order valence-electron chi connectivity index (χ4n) is 3.76. The van der Waals surface area contributed by atoms with Gasteiger partial charge in [-0.1, -0.05) is 46.8 Å². The van der Waals surface area contributed by atoms with E-state index >= 15 is 0 Å². The molecule has 4 heteroatoms. The molecule has 0 saturated heterocycles. The number of nitrogens with zero attached hydrogens (tertiary/aromatic N) is 1. The Morgan fingerprint density at radius 2 is 2.12 bits per heavy atom. The minimum atomic E-state index is -0.209. The summed E-state index contributed by atoms with van der Waals surface area (Å²) in [5.74, 6) is 1.53. The van der Waals surface area contributed by atoms with Crippen molar-refractivity contribution in [2.75, 3.05) is 6.61 Å². The lowest BCUT2D eigenvalue weighted by molar-refractivity contribution is -0.123. The van der Waals surface area contributed by atoms with Crippen molar-refractivity contribution in [2.24, 2.45) is 16.4 Å². The molecule has 25 heavy (non-hydrogen) atoms. The summed E-state index contributed by atoms with van der Waals surface area (Å²) >= 11 is 0. The van der Waals surface area contributed by atoms with Crippen LogP contribution in [0.15, 0.2) is 23.3 Å². The Labute approximate surface area is 152 Å². The van der Waals surface area contributed by atoms with Crippen molar-refractivity contribution in [3.63, 3.8) is 0 Å². The second-order valence-electron chi connectivity index (χ2n) is 8.55. The number of ether oxygens (including phenoxy) is 1. The highest BCUT2D eigenvalue weighted by Gasteiger charge is 2.29. The van der Waals surface area contributed by atoms with Gasteiger partial charge in [0.05, 0.1) is 0 Å². The van der Waals surface area contributed by atoms with Crippen LogP contribution in [0.5, 0.6) is 5.75 Å². The van der Waals surface area contributed by atoms with Crippen molar-refractivity contribution in [3.05, 3.63) is 29.3 Å². The highest BCUT2D eigenvalue weighted by molar-refractivity contribution is 5.87. The lowest BCUT2D eigenvalue weighted by Gasteiger charge is -2.34. The minimum absolute atomic E-state index is 0.0150. The molecule has 138 valence electrons. The van der Waals surface area contributed by atoms with Gasteiger partial charge in [-0.15, -0.1) is 0 Å². The van der Waals surface area contributed by atoms with Gasteiger partial charge < -0.3 is 4.74 Å². The summed E-state index contributed by atoms with van der Waals surface area (Å²) in [6.07, 6.45) is 3.10. The van der Waals surface area contributed by atoms with Crippen molar-refractivity contribution < 1.29 is 9.53 Å². The van der Waals surface area contributed by atoms with Gasteiger partial charge in [0.15, 0.2) is 6.61 Å². The zero-order valence-corrected chi connectivity index (χ0v) is 16.5. The van der Waals surface area contributed by atoms with E-state index in [1.54, 1.807) is 0 Å². The van der Waals surface area contributed by atoms with Gasteiger partial charge in [-0.05, 0) is 60.6 Å². The van der Waals surface area contributed by atoms with E-state index in [1.165, 1.54) is 6.42 Å². The standard InChI is InChI=1S/C21H32N2O2/c1-14(2)18-8-7-15(3)10-19(18)25-13-20(24)23-22-17-9-16(4)11-21(5,6)12-17/h7-8,10,14,16H,9,11-13H2,1-6H3,(H,23,24). The number of benzene rings is 1. The molecule has 1 aliphatic carbocycles. The summed E-state index contributed by atoms with van der Waals surface area (Å²) in [4.78, 5) is 12.1. The number of carbonyl (C=O) groups is 1. The number of hydrazone groups is 1. The second kappa shape index (κ2) is 8.03. The van der Waals surface area contributed by atoms with Crippen LogP contribution in [0.4, 0.5) is 0 Å². The monoisotopic (exact) mass is 344 g/mol. The molecule has 1 aromatic rings. The van der Waals surface area contributed by atoms with E-state index in [-0.39, 0.29) is 17.9 Å². The quantitative estimate of drug-likeness (QED) is 0.779. The molecule has 1 saturated carbocycles. The molecule has 0 bridgehead atoms. The van der Waals surface area contributed by atoms with Gasteiger partial charge in [0.2, 0.25) is 0 Å². The predicted octanol–water partition coefficient (Wildman–Crippen LogP) is 4.82. The van der Waals surface area contributed by atoms with Gasteiger partial charge >= 0.3 is 0 Å².